The van der Waals surface area contributed by atoms with E-state index in [1.807, 2.05) is 19.1 Å². The highest BCUT2D eigenvalue weighted by molar-refractivity contribution is 5.58. The highest BCUT2D eigenvalue weighted by Gasteiger charge is 1.96. The molecule has 0 bridgehead atoms. The topological polar surface area (TPSA) is 0 Å². The van der Waals surface area contributed by atoms with E-state index in [4.69, 9.17) is 0 Å². The summed E-state index contributed by atoms with van der Waals surface area (Å²) < 4.78 is 0. The molecule has 0 aliphatic rings. The van der Waals surface area contributed by atoms with Crippen molar-refractivity contribution in [3.8, 4) is 0 Å². The summed E-state index contributed by atoms with van der Waals surface area (Å²) in [6.45, 7) is 14.1. The van der Waals surface area contributed by atoms with Crippen molar-refractivity contribution in [2.45, 2.75) is 20.8 Å². The molecule has 0 nitrogen and oxygen atoms in total. The van der Waals surface area contributed by atoms with Crippen LogP contribution in [0.4, 0.5) is 0 Å². The van der Waals surface area contributed by atoms with Gasteiger partial charge in [-0.1, -0.05) is 43.5 Å². The lowest BCUT2D eigenvalue weighted by atomic mass is 10.0. The van der Waals surface area contributed by atoms with Crippen LogP contribution in [0.3, 0.4) is 0 Å². The second-order valence-corrected chi connectivity index (χ2v) is 3.69. The van der Waals surface area contributed by atoms with E-state index in [0.717, 1.165) is 5.22 Å². The van der Waals surface area contributed by atoms with Gasteiger partial charge in [-0.3, -0.25) is 0 Å². The molecule has 15 heavy (non-hydrogen) atoms. The predicted molar refractivity (Wildman–Crippen MR) is 69.9 cm³/mol. The van der Waals surface area contributed by atoms with Crippen molar-refractivity contribution in [3.63, 3.8) is 0 Å². The summed E-state index contributed by atoms with van der Waals surface area (Å²) in [5, 5.41) is 2.29. The van der Waals surface area contributed by atoms with Gasteiger partial charge >= 0.3 is 0 Å². The molecule has 1 aromatic rings. The Kier molecular flexibility index (Phi) is 3.68. The second-order valence-electron chi connectivity index (χ2n) is 3.69. The minimum Gasteiger partial charge on any atom is -0.0988 e. The SMILES string of the molecule is C=C/C(C)=c1/ccc(/C=C\C)c(C)c1=C. The molecule has 0 heterocycles. The van der Waals surface area contributed by atoms with Gasteiger partial charge in [-0.25, -0.2) is 0 Å². The zero-order valence-electron chi connectivity index (χ0n) is 9.80. The Bertz CT molecular complexity index is 502. The van der Waals surface area contributed by atoms with Gasteiger partial charge in [0.2, 0.25) is 0 Å². The largest absolute Gasteiger partial charge is 0.0988 e. The van der Waals surface area contributed by atoms with E-state index < -0.39 is 0 Å². The Hall–Kier alpha value is -1.56. The second kappa shape index (κ2) is 4.79. The first kappa shape index (κ1) is 11.5. The summed E-state index contributed by atoms with van der Waals surface area (Å²) in [4.78, 5) is 0. The zero-order chi connectivity index (χ0) is 11.4. The van der Waals surface area contributed by atoms with Crippen molar-refractivity contribution in [3.05, 3.63) is 52.4 Å². The quantitative estimate of drug-likeness (QED) is 0.685. The van der Waals surface area contributed by atoms with Crippen molar-refractivity contribution in [2.24, 2.45) is 0 Å². The summed E-state index contributed by atoms with van der Waals surface area (Å²) in [5.41, 5.74) is 3.66. The summed E-state index contributed by atoms with van der Waals surface area (Å²) in [6.07, 6.45) is 6.03. The lowest BCUT2D eigenvalue weighted by Gasteiger charge is -2.03. The predicted octanol–water partition coefficient (Wildman–Crippen LogP) is 2.80. The summed E-state index contributed by atoms with van der Waals surface area (Å²) >= 11 is 0. The van der Waals surface area contributed by atoms with E-state index in [1.54, 1.807) is 0 Å². The number of rotatable bonds is 2. The number of benzene rings is 1. The van der Waals surface area contributed by atoms with E-state index >= 15 is 0 Å². The fourth-order valence-electron chi connectivity index (χ4n) is 1.61. The van der Waals surface area contributed by atoms with Gasteiger partial charge in [0.1, 0.15) is 0 Å². The third-order valence-electron chi connectivity index (χ3n) is 2.72. The van der Waals surface area contributed by atoms with Crippen LogP contribution in [-0.4, -0.2) is 0 Å². The van der Waals surface area contributed by atoms with Gasteiger partial charge in [0, 0.05) is 0 Å². The normalized spacial score (nSPS) is 13.0. The van der Waals surface area contributed by atoms with Crippen LogP contribution >= 0.6 is 0 Å². The molecule has 0 N–H and O–H groups in total. The van der Waals surface area contributed by atoms with E-state index in [1.165, 1.54) is 21.9 Å². The molecule has 78 valence electrons. The molecule has 0 unspecified atom stereocenters. The van der Waals surface area contributed by atoms with Gasteiger partial charge in [0.05, 0.1) is 0 Å². The maximum absolute atomic E-state index is 4.13. The van der Waals surface area contributed by atoms with Crippen molar-refractivity contribution in [1.29, 1.82) is 0 Å². The Morgan fingerprint density at radius 3 is 2.53 bits per heavy atom. The van der Waals surface area contributed by atoms with Crippen LogP contribution in [0.1, 0.15) is 25.0 Å². The van der Waals surface area contributed by atoms with Gasteiger partial charge in [-0.05, 0) is 47.9 Å². The molecule has 1 rings (SSSR count). The van der Waals surface area contributed by atoms with Crippen LogP contribution in [-0.2, 0) is 0 Å². The first-order valence-corrected chi connectivity index (χ1v) is 5.16. The Labute approximate surface area is 92.0 Å². The Balaban J connectivity index is 3.62. The van der Waals surface area contributed by atoms with Crippen LogP contribution < -0.4 is 10.4 Å². The third-order valence-corrected chi connectivity index (χ3v) is 2.72. The van der Waals surface area contributed by atoms with Crippen LogP contribution in [0.15, 0.2) is 30.9 Å². The molecule has 0 fully saturated rings. The van der Waals surface area contributed by atoms with E-state index in [2.05, 4.69) is 45.2 Å². The van der Waals surface area contributed by atoms with Crippen molar-refractivity contribution < 1.29 is 0 Å². The van der Waals surface area contributed by atoms with Crippen molar-refractivity contribution in [2.75, 3.05) is 0 Å². The van der Waals surface area contributed by atoms with Crippen molar-refractivity contribution in [1.82, 2.24) is 0 Å². The van der Waals surface area contributed by atoms with Crippen molar-refractivity contribution >= 4 is 18.2 Å². The monoisotopic (exact) mass is 198 g/mol. The lowest BCUT2D eigenvalue weighted by Crippen LogP contribution is -2.28. The van der Waals surface area contributed by atoms with E-state index in [0.29, 0.717) is 0 Å². The minimum absolute atomic E-state index is 1.10. The number of allylic oxidation sites excluding steroid dienone is 2. The van der Waals surface area contributed by atoms with Gasteiger partial charge in [0.25, 0.3) is 0 Å². The van der Waals surface area contributed by atoms with Crippen LogP contribution in [0.5, 0.6) is 0 Å². The number of hydrogen-bond acceptors (Lipinski definition) is 0. The first-order valence-electron chi connectivity index (χ1n) is 5.16. The summed E-state index contributed by atoms with van der Waals surface area (Å²) in [5.74, 6) is 0. The lowest BCUT2D eigenvalue weighted by molar-refractivity contribution is 1.34. The van der Waals surface area contributed by atoms with Gasteiger partial charge < -0.3 is 0 Å². The minimum atomic E-state index is 1.10. The standard InChI is InChI=1S/C15H18/c1-6-8-14-9-10-15(11(3)7-2)13(5)12(14)4/h6-10H,2,5H2,1,3-4H3/b8-6-,15-11-. The maximum atomic E-state index is 4.13. The van der Waals surface area contributed by atoms with E-state index in [9.17, 15) is 0 Å². The Morgan fingerprint density at radius 2 is 2.00 bits per heavy atom. The smallest absolute Gasteiger partial charge is 0.0158 e. The molecule has 0 amide bonds. The molecule has 0 aliphatic heterocycles. The molecule has 0 radical (unpaired) electrons. The molecule has 0 aliphatic carbocycles. The fraction of sp³-hybridized carbons (Fsp3) is 0.200. The molecular weight excluding hydrogens is 180 g/mol. The van der Waals surface area contributed by atoms with Crippen LogP contribution in [0.2, 0.25) is 0 Å². The van der Waals surface area contributed by atoms with E-state index in [-0.39, 0.29) is 0 Å². The number of hydrogen-bond donors (Lipinski definition) is 0. The highest BCUT2D eigenvalue weighted by Crippen LogP contribution is 2.03. The zero-order valence-corrected chi connectivity index (χ0v) is 9.80. The third kappa shape index (κ3) is 2.27. The average molecular weight is 198 g/mol. The van der Waals surface area contributed by atoms with Gasteiger partial charge in [0.15, 0.2) is 0 Å². The first-order chi connectivity index (χ1) is 7.11. The summed E-state index contributed by atoms with van der Waals surface area (Å²) in [7, 11) is 0. The molecule has 1 aromatic carbocycles. The molecule has 0 heteroatoms. The van der Waals surface area contributed by atoms with Gasteiger partial charge in [-0.2, -0.15) is 0 Å². The fourth-order valence-corrected chi connectivity index (χ4v) is 1.61. The van der Waals surface area contributed by atoms with Crippen LogP contribution in [0, 0.1) is 6.92 Å². The molecule has 0 saturated heterocycles. The molecule has 0 saturated carbocycles. The van der Waals surface area contributed by atoms with Gasteiger partial charge in [-0.15, -0.1) is 0 Å². The molecule has 0 atom stereocenters. The molecule has 0 spiro atoms. The Morgan fingerprint density at radius 1 is 1.33 bits per heavy atom. The highest BCUT2D eigenvalue weighted by atomic mass is 14.0. The maximum Gasteiger partial charge on any atom is -0.0158 e. The summed E-state index contributed by atoms with van der Waals surface area (Å²) in [6, 6.07) is 4.24. The molecular formula is C15H18. The average Bonchev–Trinajstić information content (AvgIpc) is 2.24. The molecule has 0 aromatic heterocycles. The van der Waals surface area contributed by atoms with Crippen LogP contribution in [0.25, 0.3) is 18.2 Å².